The van der Waals surface area contributed by atoms with E-state index in [1.807, 2.05) is 30.3 Å². The van der Waals surface area contributed by atoms with E-state index >= 15 is 0 Å². The second kappa shape index (κ2) is 8.84. The smallest absolute Gasteiger partial charge is 0.252 e. The van der Waals surface area contributed by atoms with Gasteiger partial charge in [-0.15, -0.1) is 21.5 Å². The molecule has 1 aromatic carbocycles. The van der Waals surface area contributed by atoms with Crippen LogP contribution in [0.4, 0.5) is 0 Å². The Hall–Kier alpha value is -2.27. The molecule has 0 bridgehead atoms. The summed E-state index contributed by atoms with van der Waals surface area (Å²) in [6.07, 6.45) is 0.564. The van der Waals surface area contributed by atoms with Gasteiger partial charge >= 0.3 is 0 Å². The summed E-state index contributed by atoms with van der Waals surface area (Å²) in [7, 11) is -3.57. The van der Waals surface area contributed by atoms with Crippen LogP contribution in [0.25, 0.3) is 11.5 Å². The van der Waals surface area contributed by atoms with Crippen molar-refractivity contribution in [2.24, 2.45) is 0 Å². The average Bonchev–Trinajstić information content (AvgIpc) is 3.42. The zero-order chi connectivity index (χ0) is 21.1. The van der Waals surface area contributed by atoms with Gasteiger partial charge in [-0.25, -0.2) is 8.42 Å². The zero-order valence-electron chi connectivity index (χ0n) is 15.9. The molecule has 11 heteroatoms. The fourth-order valence-electron chi connectivity index (χ4n) is 3.17. The Kier molecular flexibility index (Phi) is 6.19. The lowest BCUT2D eigenvalue weighted by Crippen LogP contribution is -2.50. The number of thiophene rings is 1. The Morgan fingerprint density at radius 1 is 1.07 bits per heavy atom. The van der Waals surface area contributed by atoms with Crippen molar-refractivity contribution < 1.29 is 17.6 Å². The zero-order valence-corrected chi connectivity index (χ0v) is 18.3. The van der Waals surface area contributed by atoms with E-state index in [4.69, 9.17) is 16.0 Å². The van der Waals surface area contributed by atoms with E-state index < -0.39 is 10.0 Å². The van der Waals surface area contributed by atoms with Gasteiger partial charge in [-0.3, -0.25) is 4.79 Å². The van der Waals surface area contributed by atoms with Crippen LogP contribution in [-0.4, -0.2) is 59.9 Å². The number of carbonyl (C=O) groups is 1. The Balaban J connectivity index is 1.29. The molecule has 4 rings (SSSR count). The summed E-state index contributed by atoms with van der Waals surface area (Å²) in [6, 6.07) is 12.5. The number of nitrogens with zero attached hydrogens (tertiary/aromatic N) is 4. The van der Waals surface area contributed by atoms with E-state index in [-0.39, 0.29) is 29.6 Å². The molecule has 0 atom stereocenters. The predicted octanol–water partition coefficient (Wildman–Crippen LogP) is 2.92. The van der Waals surface area contributed by atoms with E-state index in [0.717, 1.165) is 16.9 Å². The first kappa shape index (κ1) is 21.0. The summed E-state index contributed by atoms with van der Waals surface area (Å²) >= 11 is 6.89. The van der Waals surface area contributed by atoms with Gasteiger partial charge < -0.3 is 9.32 Å². The molecule has 0 saturated carbocycles. The van der Waals surface area contributed by atoms with Gasteiger partial charge in [-0.05, 0) is 24.3 Å². The highest BCUT2D eigenvalue weighted by Gasteiger charge is 2.31. The van der Waals surface area contributed by atoms with Crippen molar-refractivity contribution in [3.05, 3.63) is 52.7 Å². The van der Waals surface area contributed by atoms with Crippen LogP contribution < -0.4 is 0 Å². The first-order chi connectivity index (χ1) is 14.4. The molecule has 158 valence electrons. The van der Waals surface area contributed by atoms with Crippen LogP contribution in [0.1, 0.15) is 12.3 Å². The predicted molar refractivity (Wildman–Crippen MR) is 113 cm³/mol. The minimum absolute atomic E-state index is 0.0642. The third-order valence-corrected chi connectivity index (χ3v) is 8.37. The second-order valence-electron chi connectivity index (χ2n) is 6.71. The van der Waals surface area contributed by atoms with Gasteiger partial charge in [0.15, 0.2) is 0 Å². The van der Waals surface area contributed by atoms with Gasteiger partial charge in [-0.2, -0.15) is 4.31 Å². The van der Waals surface area contributed by atoms with Crippen molar-refractivity contribution in [3.8, 4) is 11.5 Å². The van der Waals surface area contributed by atoms with Crippen molar-refractivity contribution >= 4 is 38.9 Å². The number of sulfonamides is 1. The van der Waals surface area contributed by atoms with E-state index in [0.29, 0.717) is 35.6 Å². The molecule has 0 spiro atoms. The summed E-state index contributed by atoms with van der Waals surface area (Å²) in [6.45, 7) is 1.19. The van der Waals surface area contributed by atoms with Gasteiger partial charge in [0.25, 0.3) is 10.0 Å². The van der Waals surface area contributed by atoms with Crippen LogP contribution in [0.3, 0.4) is 0 Å². The van der Waals surface area contributed by atoms with Crippen molar-refractivity contribution in [1.29, 1.82) is 0 Å². The Morgan fingerprint density at radius 2 is 1.80 bits per heavy atom. The number of rotatable bonds is 6. The molecule has 3 aromatic rings. The number of hydrogen-bond acceptors (Lipinski definition) is 7. The molecule has 0 radical (unpaired) electrons. The highest BCUT2D eigenvalue weighted by Crippen LogP contribution is 2.28. The summed E-state index contributed by atoms with van der Waals surface area (Å²) in [5, 5.41) is 8.03. The van der Waals surface area contributed by atoms with E-state index in [9.17, 15) is 13.2 Å². The molecule has 1 aliphatic rings. The SMILES string of the molecule is O=C(CCc1nnc(-c2ccccc2)o1)N1CCN(S(=O)(=O)c2ccc(Cl)s2)CC1. The third-order valence-electron chi connectivity index (χ3n) is 4.77. The standard InChI is InChI=1S/C19H19ClN4O4S2/c20-15-6-9-18(29-15)30(26,27)24-12-10-23(11-13-24)17(25)8-7-16-21-22-19(28-16)14-4-2-1-3-5-14/h1-6,9H,7-8,10-13H2. The maximum Gasteiger partial charge on any atom is 0.252 e. The largest absolute Gasteiger partial charge is 0.421 e. The molecule has 1 fully saturated rings. The van der Waals surface area contributed by atoms with Crippen LogP contribution >= 0.6 is 22.9 Å². The normalized spacial score (nSPS) is 15.4. The van der Waals surface area contributed by atoms with E-state index in [2.05, 4.69) is 10.2 Å². The molecular formula is C19H19ClN4O4S2. The Morgan fingerprint density at radius 3 is 2.47 bits per heavy atom. The van der Waals surface area contributed by atoms with Crippen LogP contribution in [0, 0.1) is 0 Å². The van der Waals surface area contributed by atoms with Crippen molar-refractivity contribution in [3.63, 3.8) is 0 Å². The average molecular weight is 467 g/mol. The summed E-state index contributed by atoms with van der Waals surface area (Å²) in [5.74, 6) is 0.759. The number of benzene rings is 1. The van der Waals surface area contributed by atoms with Gasteiger partial charge in [0.2, 0.25) is 17.7 Å². The molecule has 0 unspecified atom stereocenters. The number of halogens is 1. The highest BCUT2D eigenvalue weighted by atomic mass is 35.5. The van der Waals surface area contributed by atoms with Crippen LogP contribution in [0.2, 0.25) is 4.34 Å². The number of piperazine rings is 1. The maximum absolute atomic E-state index is 12.7. The van der Waals surface area contributed by atoms with Gasteiger partial charge in [-0.1, -0.05) is 29.8 Å². The molecule has 30 heavy (non-hydrogen) atoms. The van der Waals surface area contributed by atoms with Gasteiger partial charge in [0.05, 0.1) is 4.34 Å². The Labute approximate surface area is 183 Å². The molecular weight excluding hydrogens is 448 g/mol. The number of carbonyl (C=O) groups excluding carboxylic acids is 1. The minimum atomic E-state index is -3.57. The summed E-state index contributed by atoms with van der Waals surface area (Å²) < 4.78 is 33.0. The molecule has 0 aliphatic carbocycles. The summed E-state index contributed by atoms with van der Waals surface area (Å²) in [5.41, 5.74) is 0.826. The minimum Gasteiger partial charge on any atom is -0.421 e. The lowest BCUT2D eigenvalue weighted by Gasteiger charge is -2.33. The van der Waals surface area contributed by atoms with E-state index in [1.54, 1.807) is 11.0 Å². The summed E-state index contributed by atoms with van der Waals surface area (Å²) in [4.78, 5) is 14.2. The molecule has 1 saturated heterocycles. The van der Waals surface area contributed by atoms with Crippen molar-refractivity contribution in [2.75, 3.05) is 26.2 Å². The lowest BCUT2D eigenvalue weighted by atomic mass is 10.2. The first-order valence-corrected chi connectivity index (χ1v) is 12.0. The second-order valence-corrected chi connectivity index (χ2v) is 10.6. The van der Waals surface area contributed by atoms with Crippen LogP contribution in [0.15, 0.2) is 51.1 Å². The van der Waals surface area contributed by atoms with Crippen molar-refractivity contribution in [1.82, 2.24) is 19.4 Å². The topological polar surface area (TPSA) is 96.6 Å². The molecule has 1 aliphatic heterocycles. The molecule has 3 heterocycles. The fourth-order valence-corrected chi connectivity index (χ4v) is 6.22. The van der Waals surface area contributed by atoms with Gasteiger partial charge in [0.1, 0.15) is 4.21 Å². The molecule has 0 N–H and O–H groups in total. The maximum atomic E-state index is 12.7. The fraction of sp³-hybridized carbons (Fsp3) is 0.316. The van der Waals surface area contributed by atoms with Crippen LogP contribution in [0.5, 0.6) is 0 Å². The number of aromatic nitrogens is 2. The lowest BCUT2D eigenvalue weighted by molar-refractivity contribution is -0.132. The van der Waals surface area contributed by atoms with Crippen LogP contribution in [-0.2, 0) is 21.2 Å². The third kappa shape index (κ3) is 4.56. The first-order valence-electron chi connectivity index (χ1n) is 9.34. The monoisotopic (exact) mass is 466 g/mol. The molecule has 1 amide bonds. The number of amides is 1. The molecule has 2 aromatic heterocycles. The number of hydrogen-bond donors (Lipinski definition) is 0. The van der Waals surface area contributed by atoms with Gasteiger partial charge in [0, 0.05) is 44.6 Å². The Bertz CT molecular complexity index is 1120. The quantitative estimate of drug-likeness (QED) is 0.554. The van der Waals surface area contributed by atoms with Crippen molar-refractivity contribution in [2.45, 2.75) is 17.1 Å². The highest BCUT2D eigenvalue weighted by molar-refractivity contribution is 7.91. The molecule has 8 nitrogen and oxygen atoms in total. The van der Waals surface area contributed by atoms with E-state index in [1.165, 1.54) is 10.4 Å². The number of aryl methyl sites for hydroxylation is 1.